The van der Waals surface area contributed by atoms with Crippen molar-refractivity contribution in [1.29, 1.82) is 0 Å². The van der Waals surface area contributed by atoms with E-state index < -0.39 is 21.9 Å². The molecule has 2 aromatic carbocycles. The van der Waals surface area contributed by atoms with Gasteiger partial charge in [0.2, 0.25) is 0 Å². The highest BCUT2D eigenvalue weighted by Crippen LogP contribution is 2.36. The number of amides is 2. The van der Waals surface area contributed by atoms with Gasteiger partial charge in [-0.25, -0.2) is 13.9 Å². The van der Waals surface area contributed by atoms with E-state index in [2.05, 4.69) is 10.4 Å². The van der Waals surface area contributed by atoms with Gasteiger partial charge in [0.25, 0.3) is 10.0 Å². The molecule has 0 aliphatic heterocycles. The van der Waals surface area contributed by atoms with Crippen molar-refractivity contribution in [3.8, 4) is 11.1 Å². The van der Waals surface area contributed by atoms with Crippen molar-refractivity contribution in [1.82, 2.24) is 14.5 Å². The first-order valence-electron chi connectivity index (χ1n) is 9.86. The fraction of sp³-hybridized carbons (Fsp3) is 0.273. The Hall–Kier alpha value is -3.20. The second-order valence-electron chi connectivity index (χ2n) is 7.73. The number of anilines is 1. The van der Waals surface area contributed by atoms with Crippen LogP contribution >= 0.6 is 0 Å². The lowest BCUT2D eigenvalue weighted by Crippen LogP contribution is -2.35. The Balaban J connectivity index is 1.95. The lowest BCUT2D eigenvalue weighted by atomic mass is 9.94. The fourth-order valence-corrected chi connectivity index (χ4v) is 3.97. The lowest BCUT2D eigenvalue weighted by molar-refractivity contribution is 0.256. The first kappa shape index (κ1) is 22.5. The fourth-order valence-electron chi connectivity index (χ4n) is 3.13. The smallest absolute Gasteiger partial charge is 0.306 e. The molecule has 2 N–H and O–H groups in total. The molecule has 3 aromatic rings. The number of aromatic nitrogens is 2. The topological polar surface area (TPSA) is 93.1 Å². The summed E-state index contributed by atoms with van der Waals surface area (Å²) in [5, 5.41) is 6.35. The summed E-state index contributed by atoms with van der Waals surface area (Å²) in [6.07, 6.45) is 1.53. The Kier molecular flexibility index (Phi) is 6.45. The SMILES string of the molecule is CC(C)c1cc(F)cc(-c2ccccc2)c1NC(=O)NS(=O)(=O)c1ccn(C(C)C)n1. The van der Waals surface area contributed by atoms with Gasteiger partial charge in [-0.3, -0.25) is 4.68 Å². The molecule has 7 nitrogen and oxygen atoms in total. The number of hydrogen-bond donors (Lipinski definition) is 2. The van der Waals surface area contributed by atoms with Crippen molar-refractivity contribution in [2.24, 2.45) is 0 Å². The summed E-state index contributed by atoms with van der Waals surface area (Å²) < 4.78 is 43.0. The van der Waals surface area contributed by atoms with Crippen LogP contribution in [0, 0.1) is 5.82 Å². The monoisotopic (exact) mass is 444 g/mol. The van der Waals surface area contributed by atoms with Gasteiger partial charge in [0.05, 0.1) is 5.69 Å². The third kappa shape index (κ3) is 5.11. The molecule has 9 heteroatoms. The number of urea groups is 1. The number of sulfonamides is 1. The maximum Gasteiger partial charge on any atom is 0.333 e. The van der Waals surface area contributed by atoms with Crippen molar-refractivity contribution in [3.05, 3.63) is 66.1 Å². The molecule has 0 atom stereocenters. The number of nitrogens with zero attached hydrogens (tertiary/aromatic N) is 2. The number of nitrogens with one attached hydrogen (secondary N) is 2. The summed E-state index contributed by atoms with van der Waals surface area (Å²) in [7, 11) is -4.18. The molecule has 0 aliphatic rings. The molecule has 3 rings (SSSR count). The molecule has 0 spiro atoms. The number of rotatable bonds is 6. The quantitative estimate of drug-likeness (QED) is 0.565. The molecule has 164 valence electrons. The zero-order valence-corrected chi connectivity index (χ0v) is 18.6. The van der Waals surface area contributed by atoms with E-state index in [-0.39, 0.29) is 17.0 Å². The Labute approximate surface area is 181 Å². The number of benzene rings is 2. The maximum absolute atomic E-state index is 14.3. The predicted octanol–water partition coefficient (Wildman–Crippen LogP) is 4.90. The normalized spacial score (nSPS) is 11.7. The van der Waals surface area contributed by atoms with Crippen molar-refractivity contribution >= 4 is 21.7 Å². The highest BCUT2D eigenvalue weighted by Gasteiger charge is 2.23. The summed E-state index contributed by atoms with van der Waals surface area (Å²) in [6.45, 7) is 7.44. The highest BCUT2D eigenvalue weighted by molar-refractivity contribution is 7.90. The molecule has 0 aliphatic carbocycles. The number of halogens is 1. The van der Waals surface area contributed by atoms with Gasteiger partial charge >= 0.3 is 6.03 Å². The van der Waals surface area contributed by atoms with Gasteiger partial charge in [-0.1, -0.05) is 44.2 Å². The van der Waals surface area contributed by atoms with Gasteiger partial charge < -0.3 is 5.32 Å². The number of hydrogen-bond acceptors (Lipinski definition) is 4. The van der Waals surface area contributed by atoms with Gasteiger partial charge in [0.1, 0.15) is 5.82 Å². The van der Waals surface area contributed by atoms with E-state index in [1.807, 2.05) is 38.5 Å². The van der Waals surface area contributed by atoms with Crippen molar-refractivity contribution in [3.63, 3.8) is 0 Å². The molecule has 0 saturated carbocycles. The molecular weight excluding hydrogens is 419 g/mol. The standard InChI is InChI=1S/C22H25FN4O3S/c1-14(2)18-12-17(23)13-19(16-8-6-5-7-9-16)21(18)24-22(28)26-31(29,30)20-10-11-27(25-20)15(3)4/h5-15H,1-4H3,(H2,24,26,28). The van der Waals surface area contributed by atoms with E-state index >= 15 is 0 Å². The molecule has 0 bridgehead atoms. The van der Waals surface area contributed by atoms with E-state index in [0.717, 1.165) is 0 Å². The summed E-state index contributed by atoms with van der Waals surface area (Å²) >= 11 is 0. The zero-order valence-electron chi connectivity index (χ0n) is 17.8. The van der Waals surface area contributed by atoms with Crippen LogP contribution in [0.15, 0.2) is 59.8 Å². The van der Waals surface area contributed by atoms with E-state index in [1.54, 1.807) is 24.3 Å². The number of carbonyl (C=O) groups is 1. The Morgan fingerprint density at radius 3 is 2.32 bits per heavy atom. The highest BCUT2D eigenvalue weighted by atomic mass is 32.2. The minimum Gasteiger partial charge on any atom is -0.306 e. The van der Waals surface area contributed by atoms with Crippen LogP contribution in [-0.4, -0.2) is 24.2 Å². The predicted molar refractivity (Wildman–Crippen MR) is 118 cm³/mol. The molecule has 2 amide bonds. The molecule has 31 heavy (non-hydrogen) atoms. The van der Waals surface area contributed by atoms with Crippen LogP contribution in [0.2, 0.25) is 0 Å². The van der Waals surface area contributed by atoms with Crippen molar-refractivity contribution < 1.29 is 17.6 Å². The van der Waals surface area contributed by atoms with Gasteiger partial charge in [0.15, 0.2) is 5.03 Å². The first-order chi connectivity index (χ1) is 14.6. The van der Waals surface area contributed by atoms with Gasteiger partial charge in [-0.15, -0.1) is 0 Å². The lowest BCUT2D eigenvalue weighted by Gasteiger charge is -2.19. The van der Waals surface area contributed by atoms with Crippen LogP contribution in [0.4, 0.5) is 14.9 Å². The van der Waals surface area contributed by atoms with E-state index in [1.165, 1.54) is 29.1 Å². The Bertz CT molecular complexity index is 1190. The van der Waals surface area contributed by atoms with Crippen LogP contribution < -0.4 is 10.0 Å². The molecule has 0 radical (unpaired) electrons. The van der Waals surface area contributed by atoms with Gasteiger partial charge in [0, 0.05) is 17.8 Å². The number of carbonyl (C=O) groups excluding carboxylic acids is 1. The van der Waals surface area contributed by atoms with Crippen LogP contribution in [0.3, 0.4) is 0 Å². The van der Waals surface area contributed by atoms with Crippen LogP contribution in [-0.2, 0) is 10.0 Å². The van der Waals surface area contributed by atoms with E-state index in [0.29, 0.717) is 22.4 Å². The zero-order chi connectivity index (χ0) is 22.8. The summed E-state index contributed by atoms with van der Waals surface area (Å²) in [5.41, 5.74) is 2.05. The van der Waals surface area contributed by atoms with E-state index in [9.17, 15) is 17.6 Å². The van der Waals surface area contributed by atoms with Crippen LogP contribution in [0.5, 0.6) is 0 Å². The minimum atomic E-state index is -4.18. The molecule has 1 heterocycles. The summed E-state index contributed by atoms with van der Waals surface area (Å²) in [4.78, 5) is 12.7. The second-order valence-corrected chi connectivity index (χ2v) is 9.35. The molecule has 0 saturated heterocycles. The maximum atomic E-state index is 14.3. The second kappa shape index (κ2) is 8.89. The average Bonchev–Trinajstić information content (AvgIpc) is 3.21. The molecule has 1 aromatic heterocycles. The van der Waals surface area contributed by atoms with Crippen LogP contribution in [0.1, 0.15) is 45.2 Å². The molecule has 0 fully saturated rings. The Morgan fingerprint density at radius 1 is 1.06 bits per heavy atom. The van der Waals surface area contributed by atoms with Crippen LogP contribution in [0.25, 0.3) is 11.1 Å². The van der Waals surface area contributed by atoms with Gasteiger partial charge in [-0.05, 0) is 49.1 Å². The Morgan fingerprint density at radius 2 is 1.74 bits per heavy atom. The average molecular weight is 445 g/mol. The van der Waals surface area contributed by atoms with Gasteiger partial charge in [-0.2, -0.15) is 13.5 Å². The largest absolute Gasteiger partial charge is 0.333 e. The first-order valence-corrected chi connectivity index (χ1v) is 11.3. The minimum absolute atomic E-state index is 0.0287. The third-order valence-corrected chi connectivity index (χ3v) is 5.92. The third-order valence-electron chi connectivity index (χ3n) is 4.69. The van der Waals surface area contributed by atoms with Crippen molar-refractivity contribution in [2.75, 3.05) is 5.32 Å². The van der Waals surface area contributed by atoms with E-state index in [4.69, 9.17) is 0 Å². The summed E-state index contributed by atoms with van der Waals surface area (Å²) in [6, 6.07) is 12.0. The summed E-state index contributed by atoms with van der Waals surface area (Å²) in [5.74, 6) is -0.563. The molecular formula is C22H25FN4O3S. The van der Waals surface area contributed by atoms with Crippen molar-refractivity contribution in [2.45, 2.75) is 44.7 Å². The molecule has 0 unspecified atom stereocenters.